The first-order valence-electron chi connectivity index (χ1n) is 4.81. The van der Waals surface area contributed by atoms with Gasteiger partial charge < -0.3 is 5.11 Å². The van der Waals surface area contributed by atoms with Crippen LogP contribution >= 0.6 is 34.5 Å². The number of hydrogen-bond acceptors (Lipinski definition) is 2. The Morgan fingerprint density at radius 3 is 2.65 bits per heavy atom. The standard InChI is InChI=1S/C12H8Cl2O2S/c13-9-2-1-8(5-10(9)14)11-3-7(6-17-11)4-12(15)16/h1-3,5-6H,4H2,(H,15,16). The number of carboxylic acid groups (broad SMARTS) is 1. The topological polar surface area (TPSA) is 37.3 Å². The molecule has 2 rings (SSSR count). The van der Waals surface area contributed by atoms with Gasteiger partial charge in [-0.3, -0.25) is 4.79 Å². The minimum Gasteiger partial charge on any atom is -0.481 e. The molecule has 0 aliphatic carbocycles. The van der Waals surface area contributed by atoms with Crippen molar-refractivity contribution in [3.05, 3.63) is 45.3 Å². The van der Waals surface area contributed by atoms with E-state index in [-0.39, 0.29) is 6.42 Å². The first-order chi connectivity index (χ1) is 8.06. The fraction of sp³-hybridized carbons (Fsp3) is 0.0833. The van der Waals surface area contributed by atoms with Gasteiger partial charge in [-0.15, -0.1) is 11.3 Å². The van der Waals surface area contributed by atoms with E-state index in [1.165, 1.54) is 11.3 Å². The van der Waals surface area contributed by atoms with Crippen molar-refractivity contribution in [1.82, 2.24) is 0 Å². The van der Waals surface area contributed by atoms with Gasteiger partial charge in [0.25, 0.3) is 0 Å². The first kappa shape index (κ1) is 12.4. The van der Waals surface area contributed by atoms with Crippen molar-refractivity contribution >= 4 is 40.5 Å². The Hall–Kier alpha value is -1.03. The number of thiophene rings is 1. The summed E-state index contributed by atoms with van der Waals surface area (Å²) < 4.78 is 0. The van der Waals surface area contributed by atoms with Crippen LogP contribution in [-0.4, -0.2) is 11.1 Å². The van der Waals surface area contributed by atoms with Crippen LogP contribution in [0.3, 0.4) is 0 Å². The zero-order valence-corrected chi connectivity index (χ0v) is 10.9. The summed E-state index contributed by atoms with van der Waals surface area (Å²) in [6.07, 6.45) is 0.0395. The Bertz CT molecular complexity index is 563. The lowest BCUT2D eigenvalue weighted by molar-refractivity contribution is -0.136. The quantitative estimate of drug-likeness (QED) is 0.911. The van der Waals surface area contributed by atoms with Crippen molar-refractivity contribution in [3.8, 4) is 10.4 Å². The molecule has 0 unspecified atom stereocenters. The molecule has 1 heterocycles. The fourth-order valence-corrected chi connectivity index (χ4v) is 2.65. The Kier molecular flexibility index (Phi) is 3.72. The van der Waals surface area contributed by atoms with Gasteiger partial charge in [-0.25, -0.2) is 0 Å². The average Bonchev–Trinajstić information content (AvgIpc) is 2.69. The molecule has 1 aromatic carbocycles. The molecule has 1 N–H and O–H groups in total. The molecule has 0 atom stereocenters. The highest BCUT2D eigenvalue weighted by molar-refractivity contribution is 7.13. The van der Waals surface area contributed by atoms with E-state index in [0.717, 1.165) is 16.0 Å². The van der Waals surface area contributed by atoms with E-state index < -0.39 is 5.97 Å². The maximum atomic E-state index is 10.6. The van der Waals surface area contributed by atoms with Crippen LogP contribution in [0.4, 0.5) is 0 Å². The molecular weight excluding hydrogens is 279 g/mol. The van der Waals surface area contributed by atoms with Crippen molar-refractivity contribution in [1.29, 1.82) is 0 Å². The van der Waals surface area contributed by atoms with Gasteiger partial charge >= 0.3 is 5.97 Å². The van der Waals surface area contributed by atoms with Crippen molar-refractivity contribution in [3.63, 3.8) is 0 Å². The predicted molar refractivity (Wildman–Crippen MR) is 71.1 cm³/mol. The van der Waals surface area contributed by atoms with E-state index in [1.807, 2.05) is 17.5 Å². The van der Waals surface area contributed by atoms with Crippen molar-refractivity contribution in [2.75, 3.05) is 0 Å². The SMILES string of the molecule is O=C(O)Cc1csc(-c2ccc(Cl)c(Cl)c2)c1. The van der Waals surface area contributed by atoms with Gasteiger partial charge in [0.05, 0.1) is 16.5 Å². The van der Waals surface area contributed by atoms with Gasteiger partial charge in [0.1, 0.15) is 0 Å². The Labute approximate surface area is 112 Å². The molecule has 1 aromatic heterocycles. The van der Waals surface area contributed by atoms with Gasteiger partial charge in [-0.2, -0.15) is 0 Å². The van der Waals surface area contributed by atoms with E-state index >= 15 is 0 Å². The van der Waals surface area contributed by atoms with E-state index in [2.05, 4.69) is 0 Å². The summed E-state index contributed by atoms with van der Waals surface area (Å²) in [7, 11) is 0. The highest BCUT2D eigenvalue weighted by atomic mass is 35.5. The summed E-state index contributed by atoms with van der Waals surface area (Å²) >= 11 is 13.3. The summed E-state index contributed by atoms with van der Waals surface area (Å²) in [6.45, 7) is 0. The van der Waals surface area contributed by atoms with Gasteiger partial charge in [0.2, 0.25) is 0 Å². The minimum atomic E-state index is -0.830. The molecular formula is C12H8Cl2O2S. The molecule has 0 spiro atoms. The van der Waals surface area contributed by atoms with Crippen LogP contribution in [0.5, 0.6) is 0 Å². The molecule has 0 saturated heterocycles. The van der Waals surface area contributed by atoms with E-state index in [1.54, 1.807) is 12.1 Å². The van der Waals surface area contributed by atoms with Crippen molar-refractivity contribution in [2.24, 2.45) is 0 Å². The average molecular weight is 287 g/mol. The van der Waals surface area contributed by atoms with Crippen LogP contribution in [0, 0.1) is 0 Å². The number of hydrogen-bond donors (Lipinski definition) is 1. The normalized spacial score (nSPS) is 10.5. The summed E-state index contributed by atoms with van der Waals surface area (Å²) in [5.41, 5.74) is 1.74. The van der Waals surface area contributed by atoms with Crippen LogP contribution in [0.25, 0.3) is 10.4 Å². The first-order valence-corrected chi connectivity index (χ1v) is 6.44. The monoisotopic (exact) mass is 286 g/mol. The molecule has 0 fully saturated rings. The van der Waals surface area contributed by atoms with Crippen molar-refractivity contribution < 1.29 is 9.90 Å². The second-order valence-electron chi connectivity index (χ2n) is 3.52. The smallest absolute Gasteiger partial charge is 0.307 e. The highest BCUT2D eigenvalue weighted by Crippen LogP contribution is 2.32. The second kappa shape index (κ2) is 5.08. The maximum Gasteiger partial charge on any atom is 0.307 e. The minimum absolute atomic E-state index is 0.0395. The predicted octanol–water partition coefficient (Wildman–Crippen LogP) is 4.35. The number of carbonyl (C=O) groups is 1. The van der Waals surface area contributed by atoms with Crippen LogP contribution in [0.1, 0.15) is 5.56 Å². The maximum absolute atomic E-state index is 10.6. The lowest BCUT2D eigenvalue weighted by Gasteiger charge is -1.99. The molecule has 0 bridgehead atoms. The summed E-state index contributed by atoms with van der Waals surface area (Å²) in [5, 5.41) is 11.5. The fourth-order valence-electron chi connectivity index (χ4n) is 1.44. The van der Waals surface area contributed by atoms with Crippen LogP contribution in [-0.2, 0) is 11.2 Å². The molecule has 2 nitrogen and oxygen atoms in total. The molecule has 17 heavy (non-hydrogen) atoms. The number of carboxylic acids is 1. The van der Waals surface area contributed by atoms with E-state index in [0.29, 0.717) is 10.0 Å². The zero-order valence-electron chi connectivity index (χ0n) is 8.61. The van der Waals surface area contributed by atoms with Gasteiger partial charge in [0, 0.05) is 4.88 Å². The lowest BCUT2D eigenvalue weighted by atomic mass is 10.1. The van der Waals surface area contributed by atoms with E-state index in [4.69, 9.17) is 28.3 Å². The molecule has 0 radical (unpaired) electrons. The zero-order chi connectivity index (χ0) is 12.4. The molecule has 88 valence electrons. The van der Waals surface area contributed by atoms with Crippen LogP contribution in [0.2, 0.25) is 10.0 Å². The van der Waals surface area contributed by atoms with Gasteiger partial charge in [-0.1, -0.05) is 29.3 Å². The van der Waals surface area contributed by atoms with Crippen molar-refractivity contribution in [2.45, 2.75) is 6.42 Å². The summed E-state index contributed by atoms with van der Waals surface area (Å²) in [4.78, 5) is 11.6. The Morgan fingerprint density at radius 2 is 2.00 bits per heavy atom. The molecule has 5 heteroatoms. The third-order valence-electron chi connectivity index (χ3n) is 2.21. The third kappa shape index (κ3) is 3.00. The Morgan fingerprint density at radius 1 is 1.24 bits per heavy atom. The number of aliphatic carboxylic acids is 1. The van der Waals surface area contributed by atoms with E-state index in [9.17, 15) is 4.79 Å². The summed E-state index contributed by atoms with van der Waals surface area (Å²) in [5.74, 6) is -0.830. The second-order valence-corrected chi connectivity index (χ2v) is 5.24. The lowest BCUT2D eigenvalue weighted by Crippen LogP contribution is -1.97. The van der Waals surface area contributed by atoms with Crippen LogP contribution in [0.15, 0.2) is 29.6 Å². The van der Waals surface area contributed by atoms with Gasteiger partial charge in [-0.05, 0) is 34.7 Å². The molecule has 2 aromatic rings. The van der Waals surface area contributed by atoms with Gasteiger partial charge in [0.15, 0.2) is 0 Å². The molecule has 0 aliphatic rings. The highest BCUT2D eigenvalue weighted by Gasteiger charge is 2.07. The molecule has 0 amide bonds. The molecule has 0 saturated carbocycles. The summed E-state index contributed by atoms with van der Waals surface area (Å²) in [6, 6.07) is 7.24. The van der Waals surface area contributed by atoms with Crippen LogP contribution < -0.4 is 0 Å². The molecule has 0 aliphatic heterocycles. The number of rotatable bonds is 3. The largest absolute Gasteiger partial charge is 0.481 e. The Balaban J connectivity index is 2.30. The number of halogens is 2. The number of benzene rings is 1. The third-order valence-corrected chi connectivity index (χ3v) is 3.98.